The van der Waals surface area contributed by atoms with Crippen molar-refractivity contribution in [3.63, 3.8) is 0 Å². The lowest BCUT2D eigenvalue weighted by Crippen LogP contribution is -2.17. The Morgan fingerprint density at radius 2 is 1.93 bits per heavy atom. The highest BCUT2D eigenvalue weighted by molar-refractivity contribution is 6.03. The van der Waals surface area contributed by atoms with Gasteiger partial charge in [-0.15, -0.1) is 0 Å². The van der Waals surface area contributed by atoms with Crippen molar-refractivity contribution in [3.05, 3.63) is 70.7 Å². The number of benzene rings is 1. The monoisotopic (exact) mass is 385 g/mol. The molecule has 6 nitrogen and oxygen atoms in total. The van der Waals surface area contributed by atoms with E-state index in [0.717, 1.165) is 48.3 Å². The van der Waals surface area contributed by atoms with Crippen molar-refractivity contribution in [2.24, 2.45) is 0 Å². The largest absolute Gasteiger partial charge is 0.304 e. The zero-order valence-corrected chi connectivity index (χ0v) is 16.6. The molecule has 146 valence electrons. The van der Waals surface area contributed by atoms with Gasteiger partial charge in [0.05, 0.1) is 11.3 Å². The van der Waals surface area contributed by atoms with Gasteiger partial charge in [-0.3, -0.25) is 4.79 Å². The van der Waals surface area contributed by atoms with Crippen molar-refractivity contribution in [1.29, 1.82) is 5.26 Å². The van der Waals surface area contributed by atoms with E-state index >= 15 is 0 Å². The normalized spacial score (nSPS) is 13.0. The second-order valence-corrected chi connectivity index (χ2v) is 7.62. The van der Waals surface area contributed by atoms with Crippen molar-refractivity contribution in [2.45, 2.75) is 45.4 Å². The van der Waals surface area contributed by atoms with Crippen molar-refractivity contribution < 1.29 is 4.79 Å². The molecule has 1 aromatic carbocycles. The number of nitrogens with one attached hydrogen (secondary N) is 1. The number of carbonyl (C=O) groups excluding carboxylic acids is 1. The van der Waals surface area contributed by atoms with Crippen LogP contribution in [0.25, 0.3) is 5.69 Å². The van der Waals surface area contributed by atoms with Gasteiger partial charge >= 0.3 is 0 Å². The van der Waals surface area contributed by atoms with E-state index in [4.69, 9.17) is 0 Å². The highest BCUT2D eigenvalue weighted by Crippen LogP contribution is 2.25. The van der Waals surface area contributed by atoms with Crippen LogP contribution < -0.4 is 5.32 Å². The molecule has 0 atom stereocenters. The molecule has 2 aromatic heterocycles. The Morgan fingerprint density at radius 1 is 1.17 bits per heavy atom. The summed E-state index contributed by atoms with van der Waals surface area (Å²) in [5, 5.41) is 16.9. The number of nitriles is 1. The first-order valence-corrected chi connectivity index (χ1v) is 9.96. The molecule has 0 radical (unpaired) electrons. The summed E-state index contributed by atoms with van der Waals surface area (Å²) in [7, 11) is 0. The quantitative estimate of drug-likeness (QED) is 0.722. The fourth-order valence-electron chi connectivity index (χ4n) is 3.68. The second-order valence-electron chi connectivity index (χ2n) is 7.62. The number of fused-ring (bicyclic) bond motifs is 1. The Morgan fingerprint density at radius 3 is 2.66 bits per heavy atom. The van der Waals surface area contributed by atoms with Gasteiger partial charge < -0.3 is 5.32 Å². The van der Waals surface area contributed by atoms with Crippen LogP contribution in [0.2, 0.25) is 0 Å². The predicted molar refractivity (Wildman–Crippen MR) is 111 cm³/mol. The molecule has 0 unspecified atom stereocenters. The number of hydrogen-bond acceptors (Lipinski definition) is 4. The summed E-state index contributed by atoms with van der Waals surface area (Å²) in [5.74, 6) is 0.153. The van der Waals surface area contributed by atoms with Crippen LogP contribution in [0.15, 0.2) is 42.5 Å². The molecule has 0 spiro atoms. The number of hydrogen-bond donors (Lipinski definition) is 1. The van der Waals surface area contributed by atoms with Crippen LogP contribution in [0, 0.1) is 11.3 Å². The van der Waals surface area contributed by atoms with Crippen LogP contribution >= 0.6 is 0 Å². The lowest BCUT2D eigenvalue weighted by atomic mass is 9.95. The third-order valence-corrected chi connectivity index (χ3v) is 5.22. The lowest BCUT2D eigenvalue weighted by Gasteiger charge is -2.16. The van der Waals surface area contributed by atoms with Gasteiger partial charge in [-0.05, 0) is 61.4 Å². The molecule has 29 heavy (non-hydrogen) atoms. The lowest BCUT2D eigenvalue weighted by molar-refractivity contribution is 0.102. The molecule has 1 aliphatic carbocycles. The van der Waals surface area contributed by atoms with Crippen LogP contribution in [0.5, 0.6) is 0 Å². The maximum atomic E-state index is 12.9. The minimum Gasteiger partial charge on any atom is -0.304 e. The summed E-state index contributed by atoms with van der Waals surface area (Å²) in [5.41, 5.74) is 4.64. The fourth-order valence-corrected chi connectivity index (χ4v) is 3.68. The Labute approximate surface area is 170 Å². The van der Waals surface area contributed by atoms with Gasteiger partial charge in [-0.2, -0.15) is 10.4 Å². The first kappa shape index (κ1) is 18.9. The van der Waals surface area contributed by atoms with Gasteiger partial charge in [-0.1, -0.05) is 32.0 Å². The highest BCUT2D eigenvalue weighted by atomic mass is 16.2. The van der Waals surface area contributed by atoms with Gasteiger partial charge in [0.25, 0.3) is 5.91 Å². The summed E-state index contributed by atoms with van der Waals surface area (Å²) >= 11 is 0. The van der Waals surface area contributed by atoms with Crippen molar-refractivity contribution >= 4 is 11.7 Å². The van der Waals surface area contributed by atoms with Crippen LogP contribution in [-0.2, 0) is 12.8 Å². The Balaban J connectivity index is 1.67. The first-order valence-electron chi connectivity index (χ1n) is 9.96. The zero-order chi connectivity index (χ0) is 20.4. The molecular formula is C23H23N5O. The van der Waals surface area contributed by atoms with E-state index in [1.54, 1.807) is 10.7 Å². The summed E-state index contributed by atoms with van der Waals surface area (Å²) in [6.07, 6.45) is 4.01. The Bertz CT molecular complexity index is 1090. The number of anilines is 1. The van der Waals surface area contributed by atoms with E-state index in [9.17, 15) is 10.1 Å². The molecule has 0 bridgehead atoms. The number of carbonyl (C=O) groups is 1. The average molecular weight is 385 g/mol. The van der Waals surface area contributed by atoms with E-state index in [1.807, 2.05) is 36.4 Å². The molecule has 2 heterocycles. The van der Waals surface area contributed by atoms with E-state index in [-0.39, 0.29) is 11.8 Å². The summed E-state index contributed by atoms with van der Waals surface area (Å²) in [4.78, 5) is 17.5. The minimum atomic E-state index is -0.360. The average Bonchev–Trinajstić information content (AvgIpc) is 3.20. The maximum Gasteiger partial charge on any atom is 0.277 e. The number of rotatable bonds is 4. The number of aromatic nitrogens is 3. The van der Waals surface area contributed by atoms with E-state index in [2.05, 4.69) is 35.3 Å². The minimum absolute atomic E-state index is 0.195. The molecule has 1 N–H and O–H groups in total. The summed E-state index contributed by atoms with van der Waals surface area (Å²) in [6.45, 7) is 4.13. The van der Waals surface area contributed by atoms with Crippen LogP contribution in [0.4, 0.5) is 5.82 Å². The summed E-state index contributed by atoms with van der Waals surface area (Å²) in [6, 6.07) is 15.6. The van der Waals surface area contributed by atoms with Crippen LogP contribution in [0.3, 0.4) is 0 Å². The van der Waals surface area contributed by atoms with Gasteiger partial charge in [-0.25, -0.2) is 9.67 Å². The molecule has 4 rings (SSSR count). The van der Waals surface area contributed by atoms with Gasteiger partial charge in [0.1, 0.15) is 6.07 Å². The van der Waals surface area contributed by atoms with Crippen LogP contribution in [0.1, 0.15) is 65.6 Å². The van der Waals surface area contributed by atoms with Gasteiger partial charge in [0.2, 0.25) is 0 Å². The second kappa shape index (κ2) is 7.88. The molecule has 0 aliphatic heterocycles. The number of pyridine rings is 1. The molecule has 1 amide bonds. The molecule has 1 aliphatic rings. The molecule has 0 fully saturated rings. The number of amides is 1. The molecule has 0 saturated heterocycles. The van der Waals surface area contributed by atoms with Gasteiger partial charge in [0, 0.05) is 11.4 Å². The first-order chi connectivity index (χ1) is 14.1. The highest BCUT2D eigenvalue weighted by Gasteiger charge is 2.21. The fraction of sp³-hybridized carbons (Fsp3) is 0.304. The molecule has 6 heteroatoms. The number of aryl methyl sites for hydroxylation is 2. The summed E-state index contributed by atoms with van der Waals surface area (Å²) < 4.78 is 1.80. The smallest absolute Gasteiger partial charge is 0.277 e. The van der Waals surface area contributed by atoms with Crippen LogP contribution in [-0.4, -0.2) is 20.7 Å². The van der Waals surface area contributed by atoms with E-state index in [0.29, 0.717) is 17.1 Å². The Hall–Kier alpha value is -3.46. The number of para-hydroxylation sites is 1. The van der Waals surface area contributed by atoms with E-state index in [1.165, 1.54) is 0 Å². The third kappa shape index (κ3) is 3.77. The topological polar surface area (TPSA) is 83.6 Å². The van der Waals surface area contributed by atoms with E-state index < -0.39 is 0 Å². The number of nitrogens with zero attached hydrogens (tertiary/aromatic N) is 4. The standard InChI is InChI=1S/C23H23N5O/c1-15(2)21-13-20(27-28(21)18-9-4-3-5-10-18)23(29)26-22-17(14-24)12-16-8-6-7-11-19(16)25-22/h3-5,9-10,12-13,15H,6-8,11H2,1-2H3,(H,25,26,29). The van der Waals surface area contributed by atoms with Crippen molar-refractivity contribution in [2.75, 3.05) is 5.32 Å². The molecule has 0 saturated carbocycles. The maximum absolute atomic E-state index is 12.9. The zero-order valence-electron chi connectivity index (χ0n) is 16.6. The van der Waals surface area contributed by atoms with Crippen molar-refractivity contribution in [3.8, 4) is 11.8 Å². The molecular weight excluding hydrogens is 362 g/mol. The Kier molecular flexibility index (Phi) is 5.13. The van der Waals surface area contributed by atoms with Gasteiger partial charge in [0.15, 0.2) is 11.5 Å². The molecule has 3 aromatic rings. The third-order valence-electron chi connectivity index (χ3n) is 5.22. The van der Waals surface area contributed by atoms with Crippen molar-refractivity contribution in [1.82, 2.24) is 14.8 Å². The SMILES string of the molecule is CC(C)c1cc(C(=O)Nc2nc3c(cc2C#N)CCCC3)nn1-c1ccccc1. The predicted octanol–water partition coefficient (Wildman–Crippen LogP) is 4.39.